The zero-order chi connectivity index (χ0) is 16.0. The third kappa shape index (κ3) is 2.09. The molecule has 4 rings (SSSR count). The van der Waals surface area contributed by atoms with Crippen LogP contribution in [-0.2, 0) is 12.0 Å². The zero-order valence-corrected chi connectivity index (χ0v) is 13.5. The largest absolute Gasteiger partial charge is 0.339 e. The second-order valence-electron chi connectivity index (χ2n) is 6.61. The molecule has 23 heavy (non-hydrogen) atoms. The van der Waals surface area contributed by atoms with Crippen LogP contribution in [0.5, 0.6) is 0 Å². The lowest BCUT2D eigenvalue weighted by molar-refractivity contribution is 0.0762. The van der Waals surface area contributed by atoms with E-state index in [0.717, 1.165) is 25.8 Å². The molecule has 0 bridgehead atoms. The van der Waals surface area contributed by atoms with E-state index in [1.54, 1.807) is 16.9 Å². The number of carbonyl (C=O) groups excluding carboxylic acids is 1. The van der Waals surface area contributed by atoms with Gasteiger partial charge in [0.25, 0.3) is 5.91 Å². The molecule has 2 aromatic heterocycles. The summed E-state index contributed by atoms with van der Waals surface area (Å²) in [6.07, 6.45) is 4.96. The van der Waals surface area contributed by atoms with Gasteiger partial charge in [-0.2, -0.15) is 10.1 Å². The molecule has 1 amide bonds. The average Bonchev–Trinajstić information content (AvgIpc) is 3.28. The molecule has 0 radical (unpaired) electrons. The first-order valence-electron chi connectivity index (χ1n) is 8.26. The monoisotopic (exact) mass is 315 g/mol. The Morgan fingerprint density at radius 2 is 2.39 bits per heavy atom. The number of hydrogen-bond donors (Lipinski definition) is 0. The Hall–Kier alpha value is -2.18. The lowest BCUT2D eigenvalue weighted by atomic mass is 9.80. The predicted octanol–water partition coefficient (Wildman–Crippen LogP) is 1.79. The fourth-order valence-corrected chi connectivity index (χ4v) is 4.22. The van der Waals surface area contributed by atoms with Gasteiger partial charge in [-0.1, -0.05) is 11.6 Å². The molecule has 2 aromatic rings. The van der Waals surface area contributed by atoms with E-state index in [0.29, 0.717) is 36.4 Å². The van der Waals surface area contributed by atoms with Gasteiger partial charge in [0.2, 0.25) is 5.89 Å². The number of amides is 1. The maximum Gasteiger partial charge on any atom is 0.272 e. The van der Waals surface area contributed by atoms with E-state index < -0.39 is 0 Å². The van der Waals surface area contributed by atoms with Crippen molar-refractivity contribution in [1.82, 2.24) is 24.8 Å². The minimum absolute atomic E-state index is 0.0503. The Morgan fingerprint density at radius 1 is 1.52 bits per heavy atom. The van der Waals surface area contributed by atoms with Gasteiger partial charge in [0, 0.05) is 25.8 Å². The normalized spacial score (nSPS) is 26.7. The topological polar surface area (TPSA) is 77.1 Å². The Labute approximate surface area is 134 Å². The van der Waals surface area contributed by atoms with Gasteiger partial charge in [-0.15, -0.1) is 0 Å². The van der Waals surface area contributed by atoms with Crippen LogP contribution in [0.1, 0.15) is 48.4 Å². The third-order valence-corrected chi connectivity index (χ3v) is 5.35. The summed E-state index contributed by atoms with van der Waals surface area (Å²) in [6.45, 7) is 5.94. The first-order chi connectivity index (χ1) is 11.1. The van der Waals surface area contributed by atoms with E-state index in [-0.39, 0.29) is 11.3 Å². The second kappa shape index (κ2) is 5.18. The molecule has 1 saturated heterocycles. The van der Waals surface area contributed by atoms with Gasteiger partial charge in [-0.25, -0.2) is 0 Å². The first-order valence-corrected chi connectivity index (χ1v) is 8.26. The van der Waals surface area contributed by atoms with Crippen LogP contribution in [0, 0.1) is 12.8 Å². The summed E-state index contributed by atoms with van der Waals surface area (Å²) in [5, 5.41) is 8.17. The second-order valence-corrected chi connectivity index (χ2v) is 6.61. The van der Waals surface area contributed by atoms with Gasteiger partial charge in [0.15, 0.2) is 5.82 Å². The van der Waals surface area contributed by atoms with Crippen LogP contribution < -0.4 is 0 Å². The van der Waals surface area contributed by atoms with Crippen molar-refractivity contribution >= 4 is 5.91 Å². The Bertz CT molecular complexity index is 736. The number of hydrogen-bond acceptors (Lipinski definition) is 5. The molecule has 0 N–H and O–H groups in total. The zero-order valence-electron chi connectivity index (χ0n) is 13.5. The fraction of sp³-hybridized carbons (Fsp3) is 0.625. The molecule has 2 atom stereocenters. The molecule has 1 aliphatic heterocycles. The van der Waals surface area contributed by atoms with Gasteiger partial charge in [-0.05, 0) is 38.7 Å². The van der Waals surface area contributed by atoms with Crippen molar-refractivity contribution in [1.29, 1.82) is 0 Å². The van der Waals surface area contributed by atoms with E-state index in [1.807, 2.05) is 18.7 Å². The first kappa shape index (κ1) is 14.4. The van der Waals surface area contributed by atoms with Crippen LogP contribution in [0.3, 0.4) is 0 Å². The van der Waals surface area contributed by atoms with Crippen molar-refractivity contribution in [2.75, 3.05) is 13.1 Å². The van der Waals surface area contributed by atoms with Crippen molar-refractivity contribution in [2.45, 2.75) is 45.1 Å². The molecule has 7 nitrogen and oxygen atoms in total. The molecule has 0 spiro atoms. The predicted molar refractivity (Wildman–Crippen MR) is 81.9 cm³/mol. The highest BCUT2D eigenvalue weighted by molar-refractivity contribution is 5.92. The summed E-state index contributed by atoms with van der Waals surface area (Å²) in [6, 6.07) is 1.80. The molecule has 2 fully saturated rings. The number of aryl methyl sites for hydroxylation is 2. The van der Waals surface area contributed by atoms with Crippen molar-refractivity contribution in [3.8, 4) is 0 Å². The van der Waals surface area contributed by atoms with E-state index in [9.17, 15) is 4.79 Å². The number of rotatable bonds is 3. The Kier molecular flexibility index (Phi) is 3.25. The van der Waals surface area contributed by atoms with Gasteiger partial charge in [0.1, 0.15) is 5.69 Å². The summed E-state index contributed by atoms with van der Waals surface area (Å²) in [5.74, 6) is 1.82. The van der Waals surface area contributed by atoms with Crippen LogP contribution in [0.2, 0.25) is 0 Å². The quantitative estimate of drug-likeness (QED) is 0.863. The van der Waals surface area contributed by atoms with Crippen molar-refractivity contribution in [3.05, 3.63) is 29.7 Å². The van der Waals surface area contributed by atoms with Gasteiger partial charge >= 0.3 is 0 Å². The minimum Gasteiger partial charge on any atom is -0.339 e. The van der Waals surface area contributed by atoms with E-state index in [1.165, 1.54) is 0 Å². The smallest absolute Gasteiger partial charge is 0.272 e. The van der Waals surface area contributed by atoms with Gasteiger partial charge in [0.05, 0.1) is 5.41 Å². The molecule has 0 aromatic carbocycles. The van der Waals surface area contributed by atoms with Crippen LogP contribution in [0.25, 0.3) is 0 Å². The summed E-state index contributed by atoms with van der Waals surface area (Å²) in [5.41, 5.74) is 0.498. The lowest BCUT2D eigenvalue weighted by Gasteiger charge is -2.24. The van der Waals surface area contributed by atoms with Crippen molar-refractivity contribution in [2.24, 2.45) is 5.92 Å². The molecular formula is C16H21N5O2. The number of nitrogens with zero attached hydrogens (tertiary/aromatic N) is 5. The highest BCUT2D eigenvalue weighted by Crippen LogP contribution is 2.50. The molecular weight excluding hydrogens is 294 g/mol. The molecule has 1 aliphatic carbocycles. The van der Waals surface area contributed by atoms with Crippen LogP contribution >= 0.6 is 0 Å². The van der Waals surface area contributed by atoms with Crippen molar-refractivity contribution < 1.29 is 9.32 Å². The Balaban J connectivity index is 1.63. The number of aromatic nitrogens is 4. The van der Waals surface area contributed by atoms with E-state index in [2.05, 4.69) is 15.2 Å². The van der Waals surface area contributed by atoms with Crippen LogP contribution in [-0.4, -0.2) is 43.8 Å². The van der Waals surface area contributed by atoms with E-state index in [4.69, 9.17) is 4.52 Å². The Morgan fingerprint density at radius 3 is 3.13 bits per heavy atom. The molecule has 122 valence electrons. The van der Waals surface area contributed by atoms with Crippen molar-refractivity contribution in [3.63, 3.8) is 0 Å². The summed E-state index contributed by atoms with van der Waals surface area (Å²) < 4.78 is 7.25. The number of fused-ring (bicyclic) bond motifs is 1. The molecule has 1 saturated carbocycles. The van der Waals surface area contributed by atoms with Gasteiger partial charge < -0.3 is 9.42 Å². The molecule has 0 unspecified atom stereocenters. The summed E-state index contributed by atoms with van der Waals surface area (Å²) in [4.78, 5) is 19.3. The SMILES string of the molecule is CCn1nccc1C(=O)N1C[C@@H]2CCC[C@]2(c2nc(C)no2)C1. The highest BCUT2D eigenvalue weighted by Gasteiger charge is 2.55. The summed E-state index contributed by atoms with van der Waals surface area (Å²) in [7, 11) is 0. The molecule has 7 heteroatoms. The number of carbonyl (C=O) groups is 1. The average molecular weight is 315 g/mol. The minimum atomic E-state index is -0.159. The lowest BCUT2D eigenvalue weighted by Crippen LogP contribution is -2.35. The molecule has 2 aliphatic rings. The number of likely N-dealkylation sites (tertiary alicyclic amines) is 1. The van der Waals surface area contributed by atoms with Gasteiger partial charge in [-0.3, -0.25) is 9.48 Å². The van der Waals surface area contributed by atoms with Crippen LogP contribution in [0.4, 0.5) is 0 Å². The maximum atomic E-state index is 12.9. The van der Waals surface area contributed by atoms with E-state index >= 15 is 0 Å². The standard InChI is InChI=1S/C16H21N5O2/c1-3-21-13(6-8-17-21)14(22)20-9-12-5-4-7-16(12,10-20)15-18-11(2)19-23-15/h6,8,12H,3-5,7,9-10H2,1-2H3/t12-,16-/m0/s1. The molecule has 3 heterocycles. The maximum absolute atomic E-state index is 12.9. The third-order valence-electron chi connectivity index (χ3n) is 5.35. The summed E-state index contributed by atoms with van der Waals surface area (Å²) >= 11 is 0. The van der Waals surface area contributed by atoms with Crippen LogP contribution in [0.15, 0.2) is 16.8 Å². The highest BCUT2D eigenvalue weighted by atomic mass is 16.5. The fourth-order valence-electron chi connectivity index (χ4n) is 4.22.